The SMILES string of the molecule is CC(C)Oc1ccc(C(CC=O)C[N+](=O)[O-])cc1. The lowest BCUT2D eigenvalue weighted by atomic mass is 9.96. The summed E-state index contributed by atoms with van der Waals surface area (Å²) in [5.41, 5.74) is 0.787. The Hall–Kier alpha value is -1.91. The van der Waals surface area contributed by atoms with Crippen molar-refractivity contribution in [1.29, 1.82) is 0 Å². The number of ether oxygens (including phenoxy) is 1. The fourth-order valence-electron chi connectivity index (χ4n) is 1.70. The van der Waals surface area contributed by atoms with Crippen LogP contribution >= 0.6 is 0 Å². The van der Waals surface area contributed by atoms with Gasteiger partial charge in [0.2, 0.25) is 6.54 Å². The van der Waals surface area contributed by atoms with E-state index in [1.807, 2.05) is 13.8 Å². The number of rotatable bonds is 7. The largest absolute Gasteiger partial charge is 0.491 e. The standard InChI is InChI=1S/C13H17NO4/c1-10(2)18-13-5-3-11(4-6-13)12(7-8-15)9-14(16)17/h3-6,8,10,12H,7,9H2,1-2H3. The zero-order chi connectivity index (χ0) is 13.5. The molecule has 0 N–H and O–H groups in total. The summed E-state index contributed by atoms with van der Waals surface area (Å²) in [5.74, 6) is 0.352. The second-order valence-corrected chi connectivity index (χ2v) is 4.35. The van der Waals surface area contributed by atoms with Crippen LogP contribution in [0.1, 0.15) is 31.7 Å². The van der Waals surface area contributed by atoms with Gasteiger partial charge in [-0.15, -0.1) is 0 Å². The summed E-state index contributed by atoms with van der Waals surface area (Å²) in [7, 11) is 0. The zero-order valence-electron chi connectivity index (χ0n) is 10.5. The van der Waals surface area contributed by atoms with Gasteiger partial charge in [-0.25, -0.2) is 0 Å². The topological polar surface area (TPSA) is 69.4 Å². The molecule has 18 heavy (non-hydrogen) atoms. The molecule has 0 amide bonds. The zero-order valence-corrected chi connectivity index (χ0v) is 10.5. The predicted molar refractivity (Wildman–Crippen MR) is 67.5 cm³/mol. The molecule has 1 atom stereocenters. The molecule has 5 heteroatoms. The number of hydrogen-bond acceptors (Lipinski definition) is 4. The lowest BCUT2D eigenvalue weighted by molar-refractivity contribution is -0.483. The van der Waals surface area contributed by atoms with Crippen molar-refractivity contribution in [2.24, 2.45) is 0 Å². The van der Waals surface area contributed by atoms with E-state index in [1.54, 1.807) is 24.3 Å². The lowest BCUT2D eigenvalue weighted by Crippen LogP contribution is -2.13. The van der Waals surface area contributed by atoms with Gasteiger partial charge in [0, 0.05) is 11.3 Å². The highest BCUT2D eigenvalue weighted by Crippen LogP contribution is 2.22. The minimum absolute atomic E-state index is 0.0837. The first-order chi connectivity index (χ1) is 8.52. The maximum atomic E-state index is 10.5. The van der Waals surface area contributed by atoms with Gasteiger partial charge in [0.25, 0.3) is 0 Å². The number of nitro groups is 1. The summed E-state index contributed by atoms with van der Waals surface area (Å²) in [6, 6.07) is 7.09. The monoisotopic (exact) mass is 251 g/mol. The summed E-state index contributed by atoms with van der Waals surface area (Å²) in [6.45, 7) is 3.62. The third-order valence-electron chi connectivity index (χ3n) is 2.47. The number of benzene rings is 1. The van der Waals surface area contributed by atoms with Crippen molar-refractivity contribution in [3.8, 4) is 5.75 Å². The first kappa shape index (κ1) is 14.2. The molecule has 0 saturated carbocycles. The molecule has 0 radical (unpaired) electrons. The van der Waals surface area contributed by atoms with Gasteiger partial charge in [0.05, 0.1) is 12.0 Å². The van der Waals surface area contributed by atoms with Crippen LogP contribution in [0, 0.1) is 10.1 Å². The van der Waals surface area contributed by atoms with Gasteiger partial charge in [-0.2, -0.15) is 0 Å². The number of carbonyl (C=O) groups is 1. The van der Waals surface area contributed by atoms with Gasteiger partial charge >= 0.3 is 0 Å². The van der Waals surface area contributed by atoms with E-state index in [0.29, 0.717) is 6.29 Å². The van der Waals surface area contributed by atoms with Crippen LogP contribution in [0.5, 0.6) is 5.75 Å². The number of nitrogens with zero attached hydrogens (tertiary/aromatic N) is 1. The van der Waals surface area contributed by atoms with E-state index in [4.69, 9.17) is 4.74 Å². The molecular formula is C13H17NO4. The molecule has 0 bridgehead atoms. The fraction of sp³-hybridized carbons (Fsp3) is 0.462. The molecule has 0 aliphatic carbocycles. The Balaban J connectivity index is 2.79. The fourth-order valence-corrected chi connectivity index (χ4v) is 1.70. The van der Waals surface area contributed by atoms with E-state index in [9.17, 15) is 14.9 Å². The van der Waals surface area contributed by atoms with Crippen LogP contribution in [0.3, 0.4) is 0 Å². The van der Waals surface area contributed by atoms with Crippen molar-refractivity contribution >= 4 is 6.29 Å². The highest BCUT2D eigenvalue weighted by Gasteiger charge is 2.17. The van der Waals surface area contributed by atoms with Crippen molar-refractivity contribution in [3.63, 3.8) is 0 Å². The van der Waals surface area contributed by atoms with Crippen LogP contribution in [0.4, 0.5) is 0 Å². The van der Waals surface area contributed by atoms with Crippen LogP contribution in [0.2, 0.25) is 0 Å². The van der Waals surface area contributed by atoms with Gasteiger partial charge in [0.15, 0.2) is 0 Å². The molecule has 0 spiro atoms. The molecule has 1 aromatic rings. The molecule has 1 aromatic carbocycles. The Labute approximate surface area is 106 Å². The van der Waals surface area contributed by atoms with Crippen molar-refractivity contribution in [2.75, 3.05) is 6.54 Å². The van der Waals surface area contributed by atoms with Crippen molar-refractivity contribution in [2.45, 2.75) is 32.3 Å². The average molecular weight is 251 g/mol. The van der Waals surface area contributed by atoms with E-state index < -0.39 is 4.92 Å². The van der Waals surface area contributed by atoms with Crippen molar-refractivity contribution in [1.82, 2.24) is 0 Å². The van der Waals surface area contributed by atoms with Crippen LogP contribution in [0.15, 0.2) is 24.3 Å². The summed E-state index contributed by atoms with van der Waals surface area (Å²) in [5, 5.41) is 10.5. The first-order valence-corrected chi connectivity index (χ1v) is 5.85. The Morgan fingerprint density at radius 3 is 2.39 bits per heavy atom. The Bertz CT molecular complexity index is 400. The minimum atomic E-state index is -0.396. The van der Waals surface area contributed by atoms with Gasteiger partial charge in [0.1, 0.15) is 12.0 Å². The smallest absolute Gasteiger partial charge is 0.211 e. The maximum Gasteiger partial charge on any atom is 0.211 e. The summed E-state index contributed by atoms with van der Waals surface area (Å²) >= 11 is 0. The quantitative estimate of drug-likeness (QED) is 0.424. The second kappa shape index (κ2) is 6.74. The minimum Gasteiger partial charge on any atom is -0.491 e. The van der Waals surface area contributed by atoms with Gasteiger partial charge < -0.3 is 9.53 Å². The highest BCUT2D eigenvalue weighted by molar-refractivity contribution is 5.51. The van der Waals surface area contributed by atoms with Crippen LogP contribution in [-0.2, 0) is 4.79 Å². The Morgan fingerprint density at radius 2 is 1.94 bits per heavy atom. The maximum absolute atomic E-state index is 10.5. The molecule has 0 aromatic heterocycles. The third-order valence-corrected chi connectivity index (χ3v) is 2.47. The predicted octanol–water partition coefficient (Wildman–Crippen LogP) is 2.42. The number of carbonyl (C=O) groups excluding carboxylic acids is 1. The van der Waals surface area contributed by atoms with Gasteiger partial charge in [-0.1, -0.05) is 12.1 Å². The Morgan fingerprint density at radius 1 is 1.33 bits per heavy atom. The number of aldehydes is 1. The molecule has 5 nitrogen and oxygen atoms in total. The van der Waals surface area contributed by atoms with E-state index in [-0.39, 0.29) is 25.0 Å². The van der Waals surface area contributed by atoms with Gasteiger partial charge in [-0.05, 0) is 31.5 Å². The van der Waals surface area contributed by atoms with Crippen LogP contribution in [-0.4, -0.2) is 23.9 Å². The van der Waals surface area contributed by atoms with E-state index >= 15 is 0 Å². The van der Waals surface area contributed by atoms with E-state index in [0.717, 1.165) is 11.3 Å². The van der Waals surface area contributed by atoms with E-state index in [1.165, 1.54) is 0 Å². The molecule has 1 rings (SSSR count). The molecule has 0 heterocycles. The normalized spacial score (nSPS) is 12.2. The molecular weight excluding hydrogens is 234 g/mol. The molecule has 0 aliphatic heterocycles. The lowest BCUT2D eigenvalue weighted by Gasteiger charge is -2.13. The molecule has 0 aliphatic rings. The average Bonchev–Trinajstić information content (AvgIpc) is 2.28. The first-order valence-electron chi connectivity index (χ1n) is 5.85. The Kier molecular flexibility index (Phi) is 5.30. The summed E-state index contributed by atoms with van der Waals surface area (Å²) in [6.07, 6.45) is 0.957. The van der Waals surface area contributed by atoms with Crippen molar-refractivity contribution < 1.29 is 14.5 Å². The molecule has 0 fully saturated rings. The highest BCUT2D eigenvalue weighted by atomic mass is 16.6. The third kappa shape index (κ3) is 4.53. The van der Waals surface area contributed by atoms with Crippen LogP contribution < -0.4 is 4.74 Å². The van der Waals surface area contributed by atoms with Crippen LogP contribution in [0.25, 0.3) is 0 Å². The summed E-state index contributed by atoms with van der Waals surface area (Å²) < 4.78 is 5.49. The molecule has 98 valence electrons. The number of hydrogen-bond donors (Lipinski definition) is 0. The second-order valence-electron chi connectivity index (χ2n) is 4.35. The van der Waals surface area contributed by atoms with Gasteiger partial charge in [-0.3, -0.25) is 10.1 Å². The summed E-state index contributed by atoms with van der Waals surface area (Å²) in [4.78, 5) is 20.7. The molecule has 0 saturated heterocycles. The van der Waals surface area contributed by atoms with E-state index in [2.05, 4.69) is 0 Å². The molecule has 1 unspecified atom stereocenters. The van der Waals surface area contributed by atoms with Crippen molar-refractivity contribution in [3.05, 3.63) is 39.9 Å².